The molecule has 1 aliphatic carbocycles. The van der Waals surface area contributed by atoms with Crippen molar-refractivity contribution in [1.29, 1.82) is 5.41 Å². The van der Waals surface area contributed by atoms with Crippen LogP contribution in [-0.4, -0.2) is 23.6 Å². The Morgan fingerprint density at radius 3 is 3.00 bits per heavy atom. The minimum absolute atomic E-state index is 0.212. The number of thiol groups is 1. The second-order valence-electron chi connectivity index (χ2n) is 4.08. The average molecular weight is 263 g/mol. The first-order valence-corrected chi connectivity index (χ1v) is 6.15. The first kappa shape index (κ1) is 14.4. The quantitative estimate of drug-likeness (QED) is 0.397. The van der Waals surface area contributed by atoms with Crippen molar-refractivity contribution in [2.75, 3.05) is 0 Å². The molecule has 5 heteroatoms. The first-order chi connectivity index (χ1) is 8.52. The lowest BCUT2D eigenvalue weighted by Crippen LogP contribution is -2.17. The van der Waals surface area contributed by atoms with Gasteiger partial charge in [0.2, 0.25) is 5.91 Å². The molecule has 0 aromatic rings. The zero-order valence-corrected chi connectivity index (χ0v) is 11.2. The van der Waals surface area contributed by atoms with E-state index >= 15 is 0 Å². The average Bonchev–Trinajstić information content (AvgIpc) is 2.30. The normalized spacial score (nSPS) is 18.4. The second-order valence-corrected chi connectivity index (χ2v) is 4.96. The van der Waals surface area contributed by atoms with E-state index in [1.54, 1.807) is 12.2 Å². The number of nitrogens with zero attached hydrogens (tertiary/aromatic N) is 1. The van der Waals surface area contributed by atoms with Gasteiger partial charge in [0.1, 0.15) is 0 Å². The van der Waals surface area contributed by atoms with E-state index in [9.17, 15) is 4.79 Å². The summed E-state index contributed by atoms with van der Waals surface area (Å²) in [6.07, 6.45) is 8.30. The van der Waals surface area contributed by atoms with Crippen molar-refractivity contribution in [3.05, 3.63) is 35.5 Å². The number of hydrazone groups is 1. The summed E-state index contributed by atoms with van der Waals surface area (Å²) in [6, 6.07) is 0. The number of carbonyl (C=O) groups is 1. The second kappa shape index (κ2) is 6.96. The van der Waals surface area contributed by atoms with Gasteiger partial charge in [0.15, 0.2) is 0 Å². The molecule has 1 atom stereocenters. The zero-order chi connectivity index (χ0) is 13.5. The molecule has 0 heterocycles. The van der Waals surface area contributed by atoms with Crippen LogP contribution in [0.3, 0.4) is 0 Å². The van der Waals surface area contributed by atoms with Crippen molar-refractivity contribution < 1.29 is 4.79 Å². The fraction of sp³-hybridized carbons (Fsp3) is 0.308. The molecule has 0 fully saturated rings. The maximum atomic E-state index is 11.4. The summed E-state index contributed by atoms with van der Waals surface area (Å²) in [5.41, 5.74) is 4.42. The maximum absolute atomic E-state index is 11.4. The summed E-state index contributed by atoms with van der Waals surface area (Å²) < 4.78 is 0. The summed E-state index contributed by atoms with van der Waals surface area (Å²) >= 11 is 4.30. The third-order valence-corrected chi connectivity index (χ3v) is 2.57. The van der Waals surface area contributed by atoms with Crippen molar-refractivity contribution in [3.8, 4) is 0 Å². The predicted molar refractivity (Wildman–Crippen MR) is 78.4 cm³/mol. The van der Waals surface area contributed by atoms with Gasteiger partial charge < -0.3 is 5.41 Å². The third kappa shape index (κ3) is 4.71. The van der Waals surface area contributed by atoms with Gasteiger partial charge in [-0.15, -0.1) is 0 Å². The Morgan fingerprint density at radius 2 is 2.39 bits per heavy atom. The van der Waals surface area contributed by atoms with Crippen LogP contribution >= 0.6 is 12.6 Å². The minimum Gasteiger partial charge on any atom is -0.300 e. The monoisotopic (exact) mass is 263 g/mol. The van der Waals surface area contributed by atoms with Gasteiger partial charge in [-0.1, -0.05) is 19.1 Å². The SMILES string of the molecule is C=NNC(=O)CC1=C/C(=C\CC(C)S)C(=N)C=C1. The molecule has 0 saturated heterocycles. The van der Waals surface area contributed by atoms with Gasteiger partial charge in [-0.3, -0.25) is 4.79 Å². The smallest absolute Gasteiger partial charge is 0.244 e. The molecule has 0 bridgehead atoms. The molecule has 1 aliphatic rings. The topological polar surface area (TPSA) is 65.3 Å². The van der Waals surface area contributed by atoms with Gasteiger partial charge in [-0.2, -0.15) is 17.7 Å². The lowest BCUT2D eigenvalue weighted by Gasteiger charge is -2.11. The molecular weight excluding hydrogens is 246 g/mol. The van der Waals surface area contributed by atoms with Crippen LogP contribution in [0.15, 0.2) is 40.6 Å². The molecule has 0 saturated carbocycles. The fourth-order valence-corrected chi connectivity index (χ4v) is 1.61. The minimum atomic E-state index is -0.212. The Kier molecular flexibility index (Phi) is 5.58. The van der Waals surface area contributed by atoms with E-state index in [0.29, 0.717) is 5.71 Å². The zero-order valence-electron chi connectivity index (χ0n) is 10.3. The Hall–Kier alpha value is -1.62. The highest BCUT2D eigenvalue weighted by Crippen LogP contribution is 2.17. The van der Waals surface area contributed by atoms with E-state index in [-0.39, 0.29) is 17.6 Å². The van der Waals surface area contributed by atoms with Crippen molar-refractivity contribution in [3.63, 3.8) is 0 Å². The van der Waals surface area contributed by atoms with Crippen LogP contribution in [0.4, 0.5) is 0 Å². The lowest BCUT2D eigenvalue weighted by molar-refractivity contribution is -0.120. The Morgan fingerprint density at radius 1 is 1.67 bits per heavy atom. The highest BCUT2D eigenvalue weighted by atomic mass is 32.1. The molecule has 96 valence electrons. The molecule has 0 aromatic carbocycles. The third-order valence-electron chi connectivity index (χ3n) is 2.36. The van der Waals surface area contributed by atoms with E-state index in [4.69, 9.17) is 5.41 Å². The van der Waals surface area contributed by atoms with Crippen LogP contribution in [0, 0.1) is 5.41 Å². The highest BCUT2D eigenvalue weighted by Gasteiger charge is 2.10. The Bertz CT molecular complexity index is 447. The number of carbonyl (C=O) groups excluding carboxylic acids is 1. The van der Waals surface area contributed by atoms with Gasteiger partial charge in [-0.05, 0) is 29.7 Å². The molecule has 0 radical (unpaired) electrons. The van der Waals surface area contributed by atoms with Gasteiger partial charge >= 0.3 is 0 Å². The Labute approximate surface area is 112 Å². The fourth-order valence-electron chi connectivity index (χ4n) is 1.50. The van der Waals surface area contributed by atoms with E-state index in [2.05, 4.69) is 29.9 Å². The number of nitrogens with one attached hydrogen (secondary N) is 2. The predicted octanol–water partition coefficient (Wildman–Crippen LogP) is 2.26. The molecule has 4 nitrogen and oxygen atoms in total. The van der Waals surface area contributed by atoms with Gasteiger partial charge in [0.05, 0.1) is 12.1 Å². The molecule has 1 rings (SSSR count). The number of hydrogen-bond donors (Lipinski definition) is 3. The van der Waals surface area contributed by atoms with Crippen molar-refractivity contribution in [2.24, 2.45) is 5.10 Å². The van der Waals surface area contributed by atoms with Gasteiger partial charge in [0, 0.05) is 12.0 Å². The van der Waals surface area contributed by atoms with E-state index < -0.39 is 0 Å². The molecule has 1 unspecified atom stereocenters. The maximum Gasteiger partial charge on any atom is 0.244 e. The molecular formula is C13H17N3OS. The Balaban J connectivity index is 2.75. The standard InChI is InChI=1S/C13H17N3OS/c1-9(18)3-5-11-7-10(4-6-12(11)14)8-13(17)16-15-2/h4-7,9,14,18H,2-3,8H2,1H3,(H,16,17)/b11-5+,14-12?. The molecule has 0 spiro atoms. The highest BCUT2D eigenvalue weighted by molar-refractivity contribution is 7.80. The number of allylic oxidation sites excluding steroid dienone is 5. The van der Waals surface area contributed by atoms with Crippen LogP contribution in [0.1, 0.15) is 19.8 Å². The summed E-state index contributed by atoms with van der Waals surface area (Å²) in [6.45, 7) is 5.19. The molecule has 18 heavy (non-hydrogen) atoms. The molecule has 0 aliphatic heterocycles. The van der Waals surface area contributed by atoms with Crippen molar-refractivity contribution >= 4 is 31.0 Å². The van der Waals surface area contributed by atoms with Gasteiger partial charge in [0.25, 0.3) is 0 Å². The largest absolute Gasteiger partial charge is 0.300 e. The molecule has 2 N–H and O–H groups in total. The lowest BCUT2D eigenvalue weighted by atomic mass is 9.97. The molecule has 0 aromatic heterocycles. The summed E-state index contributed by atoms with van der Waals surface area (Å²) in [7, 11) is 0. The number of hydrogen-bond acceptors (Lipinski definition) is 4. The van der Waals surface area contributed by atoms with E-state index in [0.717, 1.165) is 17.6 Å². The first-order valence-electron chi connectivity index (χ1n) is 5.63. The van der Waals surface area contributed by atoms with Crippen LogP contribution in [-0.2, 0) is 4.79 Å². The number of rotatable bonds is 5. The van der Waals surface area contributed by atoms with Crippen LogP contribution in [0.25, 0.3) is 0 Å². The van der Waals surface area contributed by atoms with E-state index in [1.165, 1.54) is 0 Å². The molecule has 1 amide bonds. The van der Waals surface area contributed by atoms with Crippen molar-refractivity contribution in [2.45, 2.75) is 25.0 Å². The van der Waals surface area contributed by atoms with E-state index in [1.807, 2.05) is 19.1 Å². The summed E-state index contributed by atoms with van der Waals surface area (Å²) in [4.78, 5) is 11.4. The van der Waals surface area contributed by atoms with Crippen LogP contribution in [0.5, 0.6) is 0 Å². The number of amides is 1. The van der Waals surface area contributed by atoms with Crippen LogP contribution < -0.4 is 5.43 Å². The summed E-state index contributed by atoms with van der Waals surface area (Å²) in [5.74, 6) is -0.212. The van der Waals surface area contributed by atoms with Crippen molar-refractivity contribution in [1.82, 2.24) is 5.43 Å². The summed E-state index contributed by atoms with van der Waals surface area (Å²) in [5, 5.41) is 11.4. The van der Waals surface area contributed by atoms with Crippen LogP contribution in [0.2, 0.25) is 0 Å². The van der Waals surface area contributed by atoms with Gasteiger partial charge in [-0.25, -0.2) is 5.43 Å².